The molecule has 0 aromatic heterocycles. The van der Waals surface area contributed by atoms with E-state index in [1.54, 1.807) is 11.1 Å². The number of benzene rings is 1. The summed E-state index contributed by atoms with van der Waals surface area (Å²) in [5.41, 5.74) is 9.65. The molecule has 20 heavy (non-hydrogen) atoms. The predicted octanol–water partition coefficient (Wildman–Crippen LogP) is 4.83. The molecule has 1 aromatic carbocycles. The molecular formula is C19H31N. The second kappa shape index (κ2) is 7.26. The Hall–Kier alpha value is -0.820. The molecule has 0 amide bonds. The average Bonchev–Trinajstić information content (AvgIpc) is 2.51. The summed E-state index contributed by atoms with van der Waals surface area (Å²) < 4.78 is 0. The minimum Gasteiger partial charge on any atom is -0.330 e. The van der Waals surface area contributed by atoms with Gasteiger partial charge in [-0.15, -0.1) is 0 Å². The molecule has 0 spiro atoms. The van der Waals surface area contributed by atoms with E-state index >= 15 is 0 Å². The van der Waals surface area contributed by atoms with Crippen molar-refractivity contribution in [2.24, 2.45) is 11.7 Å². The molecule has 0 fully saturated rings. The van der Waals surface area contributed by atoms with E-state index in [9.17, 15) is 0 Å². The van der Waals surface area contributed by atoms with Gasteiger partial charge in [0.05, 0.1) is 0 Å². The number of hydrogen-bond donors (Lipinski definition) is 1. The Morgan fingerprint density at radius 2 is 2.05 bits per heavy atom. The Kier molecular flexibility index (Phi) is 5.65. The maximum atomic E-state index is 6.28. The van der Waals surface area contributed by atoms with Crippen LogP contribution in [0.25, 0.3) is 0 Å². The zero-order chi connectivity index (χ0) is 14.4. The topological polar surface area (TPSA) is 26.0 Å². The number of aryl methyl sites for hydroxylation is 1. The van der Waals surface area contributed by atoms with Crippen LogP contribution in [0.15, 0.2) is 24.3 Å². The van der Waals surface area contributed by atoms with Crippen molar-refractivity contribution in [1.82, 2.24) is 0 Å². The normalized spacial score (nSPS) is 23.4. The quantitative estimate of drug-likeness (QED) is 0.757. The molecule has 0 aliphatic heterocycles. The first-order valence-electron chi connectivity index (χ1n) is 8.54. The fraction of sp³-hybridized carbons (Fsp3) is 0.684. The van der Waals surface area contributed by atoms with Crippen molar-refractivity contribution in [2.45, 2.75) is 70.6 Å². The van der Waals surface area contributed by atoms with Gasteiger partial charge in [-0.1, -0.05) is 63.8 Å². The maximum Gasteiger partial charge on any atom is 0.00810 e. The first-order chi connectivity index (χ1) is 9.75. The van der Waals surface area contributed by atoms with Crippen LogP contribution < -0.4 is 5.73 Å². The third kappa shape index (κ3) is 3.25. The van der Waals surface area contributed by atoms with Crippen LogP contribution in [0.2, 0.25) is 0 Å². The Bertz CT molecular complexity index is 412. The van der Waals surface area contributed by atoms with E-state index in [0.29, 0.717) is 0 Å². The Balaban J connectivity index is 2.21. The largest absolute Gasteiger partial charge is 0.330 e. The molecular weight excluding hydrogens is 242 g/mol. The highest BCUT2D eigenvalue weighted by Crippen LogP contribution is 2.42. The predicted molar refractivity (Wildman–Crippen MR) is 88.0 cm³/mol. The van der Waals surface area contributed by atoms with Crippen LogP contribution in [0.1, 0.15) is 69.9 Å². The Morgan fingerprint density at radius 1 is 1.25 bits per heavy atom. The summed E-state index contributed by atoms with van der Waals surface area (Å²) in [6.07, 6.45) is 10.5. The van der Waals surface area contributed by atoms with Gasteiger partial charge < -0.3 is 5.73 Å². The molecule has 1 aromatic rings. The van der Waals surface area contributed by atoms with Gasteiger partial charge in [0.25, 0.3) is 0 Å². The molecule has 0 saturated heterocycles. The van der Waals surface area contributed by atoms with Crippen LogP contribution in [-0.4, -0.2) is 6.54 Å². The fourth-order valence-electron chi connectivity index (χ4n) is 4.01. The highest BCUT2D eigenvalue weighted by molar-refractivity contribution is 5.37. The standard InChI is InChI=1S/C19H31N/c1-3-5-9-16(4-2)14-19(15-20)13-8-11-17-10-6-7-12-18(17)19/h6-7,10,12,16H,3-5,8-9,11,13-15,20H2,1-2H3. The molecule has 1 aliphatic rings. The summed E-state index contributed by atoms with van der Waals surface area (Å²) in [6, 6.07) is 9.03. The lowest BCUT2D eigenvalue weighted by Crippen LogP contribution is -2.40. The van der Waals surface area contributed by atoms with Crippen molar-refractivity contribution in [3.8, 4) is 0 Å². The lowest BCUT2D eigenvalue weighted by atomic mass is 9.65. The molecule has 1 aliphatic carbocycles. The SMILES string of the molecule is CCCCC(CC)CC1(CN)CCCc2ccccc21. The van der Waals surface area contributed by atoms with Crippen molar-refractivity contribution in [2.75, 3.05) is 6.54 Å². The molecule has 1 heteroatoms. The van der Waals surface area contributed by atoms with Gasteiger partial charge in [-0.25, -0.2) is 0 Å². The van der Waals surface area contributed by atoms with Crippen LogP contribution in [0, 0.1) is 5.92 Å². The zero-order valence-electron chi connectivity index (χ0n) is 13.3. The summed E-state index contributed by atoms with van der Waals surface area (Å²) in [5.74, 6) is 0.838. The van der Waals surface area contributed by atoms with Gasteiger partial charge >= 0.3 is 0 Å². The van der Waals surface area contributed by atoms with Crippen molar-refractivity contribution < 1.29 is 0 Å². The van der Waals surface area contributed by atoms with E-state index in [2.05, 4.69) is 38.1 Å². The lowest BCUT2D eigenvalue weighted by molar-refractivity contribution is 0.264. The molecule has 0 saturated carbocycles. The van der Waals surface area contributed by atoms with Gasteiger partial charge in [0.1, 0.15) is 0 Å². The summed E-state index contributed by atoms with van der Waals surface area (Å²) >= 11 is 0. The van der Waals surface area contributed by atoms with Crippen molar-refractivity contribution in [3.63, 3.8) is 0 Å². The second-order valence-corrected chi connectivity index (χ2v) is 6.62. The molecule has 0 radical (unpaired) electrons. The summed E-state index contributed by atoms with van der Waals surface area (Å²) in [7, 11) is 0. The van der Waals surface area contributed by atoms with Gasteiger partial charge in [0.15, 0.2) is 0 Å². The van der Waals surface area contributed by atoms with Gasteiger partial charge in [-0.2, -0.15) is 0 Å². The van der Waals surface area contributed by atoms with Crippen LogP contribution in [-0.2, 0) is 11.8 Å². The van der Waals surface area contributed by atoms with E-state index in [4.69, 9.17) is 5.73 Å². The van der Waals surface area contributed by atoms with E-state index in [0.717, 1.165) is 12.5 Å². The smallest absolute Gasteiger partial charge is 0.00810 e. The van der Waals surface area contributed by atoms with E-state index in [1.165, 1.54) is 51.4 Å². The number of rotatable bonds is 7. The third-order valence-electron chi connectivity index (χ3n) is 5.30. The van der Waals surface area contributed by atoms with Crippen molar-refractivity contribution >= 4 is 0 Å². The van der Waals surface area contributed by atoms with Crippen molar-refractivity contribution in [3.05, 3.63) is 35.4 Å². The first kappa shape index (κ1) is 15.6. The Morgan fingerprint density at radius 3 is 2.75 bits per heavy atom. The van der Waals surface area contributed by atoms with Gasteiger partial charge in [-0.3, -0.25) is 0 Å². The number of nitrogens with two attached hydrogens (primary N) is 1. The van der Waals surface area contributed by atoms with Crippen LogP contribution >= 0.6 is 0 Å². The molecule has 1 nitrogen and oxygen atoms in total. The average molecular weight is 273 g/mol. The molecule has 2 atom stereocenters. The highest BCUT2D eigenvalue weighted by atomic mass is 14.6. The summed E-state index contributed by atoms with van der Waals surface area (Å²) in [5, 5.41) is 0. The third-order valence-corrected chi connectivity index (χ3v) is 5.30. The Labute approximate surface area is 125 Å². The highest BCUT2D eigenvalue weighted by Gasteiger charge is 2.36. The molecule has 2 unspecified atom stereocenters. The molecule has 0 heterocycles. The zero-order valence-corrected chi connectivity index (χ0v) is 13.3. The molecule has 0 bridgehead atoms. The monoisotopic (exact) mass is 273 g/mol. The lowest BCUT2D eigenvalue weighted by Gasteiger charge is -2.41. The minimum atomic E-state index is 0.253. The van der Waals surface area contributed by atoms with Gasteiger partial charge in [0, 0.05) is 12.0 Å². The maximum absolute atomic E-state index is 6.28. The van der Waals surface area contributed by atoms with Gasteiger partial charge in [-0.05, 0) is 42.7 Å². The van der Waals surface area contributed by atoms with Crippen LogP contribution in [0.5, 0.6) is 0 Å². The number of fused-ring (bicyclic) bond motifs is 1. The number of hydrogen-bond acceptors (Lipinski definition) is 1. The fourth-order valence-corrected chi connectivity index (χ4v) is 4.01. The van der Waals surface area contributed by atoms with E-state index < -0.39 is 0 Å². The molecule has 2 N–H and O–H groups in total. The van der Waals surface area contributed by atoms with Crippen LogP contribution in [0.4, 0.5) is 0 Å². The van der Waals surface area contributed by atoms with Gasteiger partial charge in [0.2, 0.25) is 0 Å². The minimum absolute atomic E-state index is 0.253. The van der Waals surface area contributed by atoms with E-state index in [1.807, 2.05) is 0 Å². The number of unbranched alkanes of at least 4 members (excludes halogenated alkanes) is 1. The van der Waals surface area contributed by atoms with Crippen molar-refractivity contribution in [1.29, 1.82) is 0 Å². The van der Waals surface area contributed by atoms with Crippen LogP contribution in [0.3, 0.4) is 0 Å². The second-order valence-electron chi connectivity index (χ2n) is 6.62. The van der Waals surface area contributed by atoms with E-state index in [-0.39, 0.29) is 5.41 Å². The summed E-state index contributed by atoms with van der Waals surface area (Å²) in [6.45, 7) is 5.45. The molecule has 2 rings (SSSR count). The molecule has 112 valence electrons. The summed E-state index contributed by atoms with van der Waals surface area (Å²) in [4.78, 5) is 0. The first-order valence-corrected chi connectivity index (χ1v) is 8.54.